The summed E-state index contributed by atoms with van der Waals surface area (Å²) in [5.41, 5.74) is -1.75. The van der Waals surface area contributed by atoms with Crippen LogP contribution < -0.4 is 37.2 Å². The second kappa shape index (κ2) is 55.5. The van der Waals surface area contributed by atoms with Crippen LogP contribution in [0.4, 0.5) is 0 Å². The average molecular weight is 1540 g/mol. The lowest BCUT2D eigenvalue weighted by atomic mass is 9.88. The molecule has 15 atom stereocenters. The van der Waals surface area contributed by atoms with Crippen molar-refractivity contribution in [2.24, 2.45) is 5.41 Å². The molecule has 36 nitrogen and oxygen atoms in total. The van der Waals surface area contributed by atoms with E-state index in [1.165, 1.54) is 0 Å². The van der Waals surface area contributed by atoms with Crippen molar-refractivity contribution < 1.29 is 142 Å². The Morgan fingerprint density at radius 1 is 0.299 bits per heavy atom. The SMILES string of the molecule is CC(C)(C)C(=O)CCCCCCCCCCC(=O)NC(COCCC(=O)NCCCNC(=O)CCCCO[C@@H]1OC(CO)[C@@H](O)C(O)C1O)(COCCC(=O)NCCCNC(=O)CCCCO[C@@H]1OC(CO)[C@@H](O)C(O)C1O)COCCC(=O)NCCCNC(=O)CCCCO[C@@H]1OC(CO)[C@@H](O)C(O)C1O. The topological polar surface area (TPSA) is 547 Å². The molecule has 0 aromatic rings. The highest BCUT2D eigenvalue weighted by Crippen LogP contribution is 2.26. The Morgan fingerprint density at radius 3 is 0.832 bits per heavy atom. The van der Waals surface area contributed by atoms with Crippen molar-refractivity contribution in [2.75, 3.05) is 119 Å². The monoisotopic (exact) mass is 1540 g/mol. The van der Waals surface area contributed by atoms with E-state index in [-0.39, 0.29) is 196 Å². The second-order valence-corrected chi connectivity index (χ2v) is 28.5. The zero-order valence-electron chi connectivity index (χ0n) is 62.9. The fourth-order valence-corrected chi connectivity index (χ4v) is 11.4. The maximum atomic E-state index is 13.9. The summed E-state index contributed by atoms with van der Waals surface area (Å²) in [6, 6.07) is 0. The molecule has 9 unspecified atom stereocenters. The first-order valence-corrected chi connectivity index (χ1v) is 38.1. The van der Waals surface area contributed by atoms with Crippen LogP contribution in [0.1, 0.15) is 181 Å². The maximum Gasteiger partial charge on any atom is 0.222 e. The molecular formula is C71H129N7O29. The highest BCUT2D eigenvalue weighted by atomic mass is 16.7. The minimum absolute atomic E-state index is 0.0696. The smallest absolute Gasteiger partial charge is 0.222 e. The van der Waals surface area contributed by atoms with E-state index in [4.69, 9.17) is 42.6 Å². The van der Waals surface area contributed by atoms with E-state index in [0.717, 1.165) is 44.9 Å². The number of Topliss-reactive ketones (excluding diaryl/α,β-unsaturated/α-hetero) is 1. The Balaban J connectivity index is 1.53. The van der Waals surface area contributed by atoms with Gasteiger partial charge in [-0.3, -0.25) is 38.4 Å². The summed E-state index contributed by atoms with van der Waals surface area (Å²) in [5.74, 6) is -1.89. The first kappa shape index (κ1) is 96.3. The molecule has 3 aliphatic rings. The third-order valence-corrected chi connectivity index (χ3v) is 18.1. The fourth-order valence-electron chi connectivity index (χ4n) is 11.4. The van der Waals surface area contributed by atoms with Gasteiger partial charge in [-0.1, -0.05) is 59.3 Å². The average Bonchev–Trinajstić information content (AvgIpc) is 0.821. The number of rotatable bonds is 60. The number of ether oxygens (including phenoxy) is 9. The standard InChI is InChI=1S/C71H129N7O29/c1-70(2,3)50(82)21-10-8-6-4-5-7-9-11-25-57(89)78-71(44-99-38-26-54(86)75-32-18-29-72-51(83)22-12-15-35-102-67-64(96)61(93)58(90)47(41-79)105-67,45-100-39-27-55(87)76-33-19-30-73-52(84)23-13-16-36-103-68-65(97)62(94)59(91)48(42-80)106-68)46-101-40-28-56(88)77-34-20-31-74-53(85)24-14-17-37-104-69-66(98)63(95)60(92)49(43-81)107-69/h47-49,58-69,79-81,90-98H,4-46H2,1-3H3,(H,72,83)(H,73,84)(H,74,85)(H,75,86)(H,76,87)(H,77,88)(H,78,89)/t47?,48?,49?,58-,59-,60-,61?,62?,63?,64?,65?,66?,67-,68-,69-,71?/m1/s1. The Labute approximate surface area is 627 Å². The van der Waals surface area contributed by atoms with Gasteiger partial charge in [0.15, 0.2) is 18.9 Å². The summed E-state index contributed by atoms with van der Waals surface area (Å²) >= 11 is 0. The van der Waals surface area contributed by atoms with E-state index in [2.05, 4.69) is 37.2 Å². The minimum atomic E-state index is -1.57. The summed E-state index contributed by atoms with van der Waals surface area (Å²) in [7, 11) is 0. The molecule has 36 heteroatoms. The third-order valence-electron chi connectivity index (χ3n) is 18.1. The normalized spacial score (nSPS) is 25.1. The van der Waals surface area contributed by atoms with E-state index in [1.807, 2.05) is 20.8 Å². The van der Waals surface area contributed by atoms with Crippen LogP contribution in [0.15, 0.2) is 0 Å². The molecule has 0 saturated carbocycles. The number of aliphatic hydroxyl groups excluding tert-OH is 12. The molecule has 3 saturated heterocycles. The first-order chi connectivity index (χ1) is 51.2. The number of unbranched alkanes of at least 4 members (excludes halogenated alkanes) is 10. The van der Waals surface area contributed by atoms with Gasteiger partial charge in [-0.25, -0.2) is 0 Å². The lowest BCUT2D eigenvalue weighted by Gasteiger charge is -2.39. The predicted molar refractivity (Wildman–Crippen MR) is 380 cm³/mol. The van der Waals surface area contributed by atoms with E-state index in [0.29, 0.717) is 70.6 Å². The number of hydrogen-bond acceptors (Lipinski definition) is 29. The van der Waals surface area contributed by atoms with E-state index in [9.17, 15) is 99.6 Å². The summed E-state index contributed by atoms with van der Waals surface area (Å²) in [6.07, 6.45) is -9.41. The van der Waals surface area contributed by atoms with Crippen LogP contribution in [0.25, 0.3) is 0 Å². The number of nitrogens with one attached hydrogen (secondary N) is 7. The summed E-state index contributed by atoms with van der Waals surface area (Å²) < 4.78 is 50.7. The van der Waals surface area contributed by atoms with Crippen molar-refractivity contribution in [3.63, 3.8) is 0 Å². The number of hydrogen-bond donors (Lipinski definition) is 19. The van der Waals surface area contributed by atoms with Crippen molar-refractivity contribution in [2.45, 2.75) is 279 Å². The van der Waals surface area contributed by atoms with Gasteiger partial charge in [0.1, 0.15) is 84.6 Å². The van der Waals surface area contributed by atoms with Crippen molar-refractivity contribution in [1.82, 2.24) is 37.2 Å². The lowest BCUT2D eigenvalue weighted by Crippen LogP contribution is -2.59. The van der Waals surface area contributed by atoms with Crippen molar-refractivity contribution in [1.29, 1.82) is 0 Å². The first-order valence-electron chi connectivity index (χ1n) is 38.1. The molecule has 0 spiro atoms. The van der Waals surface area contributed by atoms with Gasteiger partial charge in [0.05, 0.1) is 59.5 Å². The molecule has 0 aromatic carbocycles. The number of carbonyl (C=O) groups excluding carboxylic acids is 8. The van der Waals surface area contributed by atoms with Crippen LogP contribution in [-0.2, 0) is 81.0 Å². The van der Waals surface area contributed by atoms with Crippen LogP contribution in [0.3, 0.4) is 0 Å². The molecule has 3 rings (SSSR count). The van der Waals surface area contributed by atoms with Gasteiger partial charge < -0.3 is 141 Å². The highest BCUT2D eigenvalue weighted by molar-refractivity contribution is 5.83. The third kappa shape index (κ3) is 40.2. The van der Waals surface area contributed by atoms with Gasteiger partial charge in [0, 0.05) is 116 Å². The zero-order chi connectivity index (χ0) is 79.0. The molecule has 3 heterocycles. The summed E-state index contributed by atoms with van der Waals surface area (Å²) in [5, 5.41) is 138. The van der Waals surface area contributed by atoms with Crippen molar-refractivity contribution in [3.05, 3.63) is 0 Å². The van der Waals surface area contributed by atoms with E-state index in [1.54, 1.807) is 0 Å². The van der Waals surface area contributed by atoms with Gasteiger partial charge in [0.2, 0.25) is 41.4 Å². The molecule has 0 radical (unpaired) electrons. The van der Waals surface area contributed by atoms with Crippen LogP contribution >= 0.6 is 0 Å². The van der Waals surface area contributed by atoms with Crippen LogP contribution in [-0.4, -0.2) is 325 Å². The van der Waals surface area contributed by atoms with E-state index >= 15 is 0 Å². The molecule has 0 bridgehead atoms. The number of carbonyl (C=O) groups is 8. The number of ketones is 1. The molecule has 0 aromatic heterocycles. The Morgan fingerprint density at radius 2 is 0.551 bits per heavy atom. The Bertz CT molecular complexity index is 2280. The molecule has 107 heavy (non-hydrogen) atoms. The quantitative estimate of drug-likeness (QED) is 0.0262. The lowest BCUT2D eigenvalue weighted by molar-refractivity contribution is -0.301. The van der Waals surface area contributed by atoms with Gasteiger partial charge >= 0.3 is 0 Å². The zero-order valence-corrected chi connectivity index (χ0v) is 62.9. The van der Waals surface area contributed by atoms with Crippen LogP contribution in [0.2, 0.25) is 0 Å². The predicted octanol–water partition coefficient (Wildman–Crippen LogP) is -3.59. The Hall–Kier alpha value is -4.88. The number of amides is 7. The molecule has 19 N–H and O–H groups in total. The van der Waals surface area contributed by atoms with Crippen LogP contribution in [0, 0.1) is 5.41 Å². The van der Waals surface area contributed by atoms with Crippen LogP contribution in [0.5, 0.6) is 0 Å². The molecule has 7 amide bonds. The largest absolute Gasteiger partial charge is 0.394 e. The molecule has 3 fully saturated rings. The van der Waals surface area contributed by atoms with Crippen molar-refractivity contribution >= 4 is 47.1 Å². The summed E-state index contributed by atoms with van der Waals surface area (Å²) in [4.78, 5) is 103. The molecule has 622 valence electrons. The second-order valence-electron chi connectivity index (χ2n) is 28.5. The van der Waals surface area contributed by atoms with Gasteiger partial charge in [-0.2, -0.15) is 0 Å². The van der Waals surface area contributed by atoms with Gasteiger partial charge in [0.25, 0.3) is 0 Å². The Kier molecular flexibility index (Phi) is 50.0. The summed E-state index contributed by atoms with van der Waals surface area (Å²) in [6.45, 7) is 4.68. The van der Waals surface area contributed by atoms with Gasteiger partial charge in [-0.05, 0) is 70.6 Å². The highest BCUT2D eigenvalue weighted by Gasteiger charge is 2.46. The molecule has 3 aliphatic heterocycles. The van der Waals surface area contributed by atoms with Gasteiger partial charge in [-0.15, -0.1) is 0 Å². The maximum absolute atomic E-state index is 13.9. The van der Waals surface area contributed by atoms with Crippen molar-refractivity contribution in [3.8, 4) is 0 Å². The number of aliphatic hydroxyl groups is 12. The minimum Gasteiger partial charge on any atom is -0.394 e. The fraction of sp³-hybridized carbons (Fsp3) is 0.887. The van der Waals surface area contributed by atoms with E-state index < -0.39 is 117 Å². The molecule has 0 aliphatic carbocycles. The molecular weight excluding hydrogens is 1410 g/mol.